The fourth-order valence-electron chi connectivity index (χ4n) is 16.3. The van der Waals surface area contributed by atoms with Gasteiger partial charge in [0.05, 0.1) is 75.6 Å². The van der Waals surface area contributed by atoms with Crippen molar-refractivity contribution in [1.82, 2.24) is 19.9 Å². The SMILES string of the molecule is [B]B([B])B([B])B(B([B])[B])B1CC1COc1cccc(-c2c3nc(c(-c4cccc(OCC5CB5B(B([B])[B])B([B])B([B])[B])c4)c4ccc([nH]4)c(-c4cccc(OCC5CB5B(B([B])[B])B([B])B([B])[B])c4)c4nc(c(-c5cccc(OCC6CB6B(B([B])[B])B([B])B([B])[B])c5)c5ccc2[nH]5)C=C4)C=C3)c1. The highest BCUT2D eigenvalue weighted by molar-refractivity contribution is 8.03. The van der Waals surface area contributed by atoms with Crippen LogP contribution in [0.15, 0.2) is 121 Å². The van der Waals surface area contributed by atoms with E-state index in [-0.39, 0.29) is 75.2 Å². The molecule has 7 aromatic rings. The smallest absolute Gasteiger partial charge is 0.119 e. The lowest BCUT2D eigenvalue weighted by atomic mass is 8.57. The minimum absolute atomic E-state index is 0.0927. The third kappa shape index (κ3) is 17.5. The summed E-state index contributed by atoms with van der Waals surface area (Å²) in [6.45, 7) is 1.96. The summed E-state index contributed by atoms with van der Waals surface area (Å²) in [5.41, 5.74) is 12.3. The van der Waals surface area contributed by atoms with Gasteiger partial charge in [-0.2, -0.15) is 0 Å². The van der Waals surface area contributed by atoms with Gasteiger partial charge < -0.3 is 28.9 Å². The van der Waals surface area contributed by atoms with Crippen molar-refractivity contribution in [2.45, 2.75) is 48.5 Å². The molecule has 0 aliphatic carbocycles. The fraction of sp³-hybridized carbons (Fsp3) is 0.214. The normalized spacial score (nSPS) is 16.3. The molecule has 4 saturated heterocycles. The van der Waals surface area contributed by atoms with Crippen LogP contribution in [-0.4, -0.2) is 330 Å². The topological polar surface area (TPSA) is 94.3 Å². The number of benzene rings is 4. The van der Waals surface area contributed by atoms with Crippen molar-refractivity contribution < 1.29 is 18.9 Å². The highest BCUT2D eigenvalue weighted by Crippen LogP contribution is 2.46. The summed E-state index contributed by atoms with van der Waals surface area (Å²) in [5, 5.41) is 0. The zero-order valence-corrected chi connectivity index (χ0v) is 58.4. The van der Waals surface area contributed by atoms with Gasteiger partial charge in [-0.05, 0) is 143 Å². The van der Waals surface area contributed by atoms with Gasteiger partial charge >= 0.3 is 0 Å². The van der Waals surface area contributed by atoms with Gasteiger partial charge in [0.25, 0.3) is 0 Å². The molecule has 4 fully saturated rings. The molecule has 13 rings (SSSR count). The number of aromatic amines is 2. The van der Waals surface area contributed by atoms with Crippen molar-refractivity contribution in [3.05, 3.63) is 144 Å². The second-order valence-corrected chi connectivity index (χ2v) is 29.7. The molecule has 4 aromatic carbocycles. The van der Waals surface area contributed by atoms with Gasteiger partial charge in [0.15, 0.2) is 0 Å². The standard InChI is InChI=1S/C56H46B40N4O4/c57-81(58)89(73)93(85(65)66)77-25-37(77)29-101-41-9-1-5-33(21-41)53-45-13-15-47(97-45)54(34-6-2-10-42(22-34)102-30-38-26-78(38)94(86(67)68)90(74)82(59)60)49-17-19-51(99-49)56(36-8-4-12-44(24-36)104-32-40-28-80(40)96(88(71)72)92(76)84(63)64)52-20-18-50(100-52)55(48-16-14-46(53)98-48)35-7-3-11-43(23-35)103-31-39-27-79(39)95(87(69)70)91(75)83(61)62/h1-24,37-40,97,100H,25-32H2. The van der Waals surface area contributed by atoms with Crippen LogP contribution in [0.25, 0.3) is 90.9 Å². The average molecular weight is 1270 g/mol. The molecule has 104 heavy (non-hydrogen) atoms. The van der Waals surface area contributed by atoms with Crippen molar-refractivity contribution in [3.63, 3.8) is 0 Å². The van der Waals surface area contributed by atoms with Gasteiger partial charge in [0.2, 0.25) is 0 Å². The summed E-state index contributed by atoms with van der Waals surface area (Å²) >= 11 is 0. The predicted octanol–water partition coefficient (Wildman–Crippen LogP) is -1.17. The number of hydrogen-bond acceptors (Lipinski definition) is 6. The first-order chi connectivity index (χ1) is 49.8. The molecule has 0 amide bonds. The largest absolute Gasteiger partial charge is 0.494 e. The lowest BCUT2D eigenvalue weighted by Gasteiger charge is -2.25. The van der Waals surface area contributed by atoms with E-state index in [0.717, 1.165) is 91.9 Å². The highest BCUT2D eigenvalue weighted by atomic mass is 16.5. The van der Waals surface area contributed by atoms with Crippen molar-refractivity contribution in [2.24, 2.45) is 0 Å². The molecule has 6 aliphatic rings. The van der Waals surface area contributed by atoms with E-state index in [1.807, 2.05) is 97.1 Å². The molecular formula is C56H46B40N4O4. The monoisotopic (exact) mass is 1280 g/mol. The van der Waals surface area contributed by atoms with E-state index in [1.54, 1.807) is 0 Å². The van der Waals surface area contributed by atoms with Crippen molar-refractivity contribution in [3.8, 4) is 67.5 Å². The maximum Gasteiger partial charge on any atom is 0.119 e. The van der Waals surface area contributed by atoms with E-state index >= 15 is 0 Å². The minimum Gasteiger partial charge on any atom is -0.494 e. The molecule has 6 aliphatic heterocycles. The number of hydrogen-bond donors (Lipinski definition) is 2. The van der Waals surface area contributed by atoms with Crippen molar-refractivity contribution >= 4 is 330 Å². The number of fused-ring (bicyclic) bond motifs is 8. The first-order valence-corrected chi connectivity index (χ1v) is 36.0. The summed E-state index contributed by atoms with van der Waals surface area (Å²) in [4.78, 5) is 19.0. The fourth-order valence-corrected chi connectivity index (χ4v) is 16.3. The summed E-state index contributed by atoms with van der Waals surface area (Å²) in [5.74, 6) is 3.14. The molecule has 4 unspecified atom stereocenters. The molecule has 8 nitrogen and oxygen atoms in total. The molecule has 0 saturated carbocycles. The summed E-state index contributed by atoms with van der Waals surface area (Å²) < 4.78 is 26.6. The average Bonchev–Trinajstić information content (AvgIpc) is 1.61. The first kappa shape index (κ1) is 77.4. The Morgan fingerprint density at radius 3 is 0.702 bits per heavy atom. The number of H-pyrrole nitrogens is 2. The molecule has 48 heteroatoms. The summed E-state index contributed by atoms with van der Waals surface area (Å²) in [7, 11) is 125. The van der Waals surface area contributed by atoms with Crippen LogP contribution in [0.1, 0.15) is 22.8 Å². The van der Waals surface area contributed by atoms with Gasteiger partial charge in [-0.3, -0.25) is 0 Å². The zero-order chi connectivity index (χ0) is 73.7. The van der Waals surface area contributed by atoms with Gasteiger partial charge in [-0.25, -0.2) is 9.97 Å². The van der Waals surface area contributed by atoms with Crippen LogP contribution in [0.3, 0.4) is 0 Å². The van der Waals surface area contributed by atoms with Crippen LogP contribution < -0.4 is 18.9 Å². The molecule has 40 radical (unpaired) electrons. The summed E-state index contributed by atoms with van der Waals surface area (Å²) in [6.07, 6.45) is 2.11. The van der Waals surface area contributed by atoms with Crippen LogP contribution in [0, 0.1) is 0 Å². The van der Waals surface area contributed by atoms with E-state index in [1.165, 1.54) is 0 Å². The first-order valence-electron chi connectivity index (χ1n) is 36.0. The molecule has 2 N–H and O–H groups in total. The van der Waals surface area contributed by atoms with Crippen molar-refractivity contribution in [2.75, 3.05) is 26.4 Å². The Hall–Kier alpha value is -4.72. The Kier molecular flexibility index (Phi) is 24.7. The molecule has 9 heterocycles. The minimum atomic E-state index is -0.776. The quantitative estimate of drug-likeness (QED) is 0.0518. The van der Waals surface area contributed by atoms with E-state index in [4.69, 9.17) is 184 Å². The van der Waals surface area contributed by atoms with Crippen LogP contribution >= 0.6 is 0 Å². The van der Waals surface area contributed by atoms with Gasteiger partial charge in [-0.15, -0.1) is 0 Å². The Bertz CT molecular complexity index is 3920. The Morgan fingerprint density at radius 1 is 0.298 bits per heavy atom. The predicted molar refractivity (Wildman–Crippen MR) is 487 cm³/mol. The van der Waals surface area contributed by atoms with Crippen LogP contribution in [-0.2, 0) is 0 Å². The van der Waals surface area contributed by atoms with E-state index < -0.39 is 76.6 Å². The molecule has 0 spiro atoms. The number of ether oxygens (including phenoxy) is 4. The third-order valence-corrected chi connectivity index (χ3v) is 22.3. The maximum atomic E-state index is 6.65. The Balaban J connectivity index is 0.949. The maximum absolute atomic E-state index is 6.65. The Morgan fingerprint density at radius 2 is 0.510 bits per heavy atom. The number of nitrogens with zero attached hydrogens (tertiary/aromatic N) is 2. The molecule has 434 valence electrons. The van der Waals surface area contributed by atoms with Gasteiger partial charge in [0, 0.05) is 301 Å². The number of nitrogens with one attached hydrogen (secondary N) is 2. The van der Waals surface area contributed by atoms with Gasteiger partial charge in [0.1, 0.15) is 23.0 Å². The third-order valence-electron chi connectivity index (χ3n) is 22.3. The van der Waals surface area contributed by atoms with Crippen LogP contribution in [0.2, 0.25) is 48.5 Å². The van der Waals surface area contributed by atoms with Crippen LogP contribution in [0.5, 0.6) is 23.0 Å². The second kappa shape index (κ2) is 33.2. The number of rotatable bonds is 32. The second-order valence-electron chi connectivity index (χ2n) is 29.7. The van der Waals surface area contributed by atoms with E-state index in [0.29, 0.717) is 72.2 Å². The summed E-state index contributed by atoms with van der Waals surface area (Å²) in [6, 6.07) is 40.4. The number of aromatic nitrogens is 4. The van der Waals surface area contributed by atoms with E-state index in [9.17, 15) is 0 Å². The van der Waals surface area contributed by atoms with Crippen molar-refractivity contribution in [1.29, 1.82) is 0 Å². The van der Waals surface area contributed by atoms with E-state index in [2.05, 4.69) is 58.5 Å². The molecule has 4 atom stereocenters. The van der Waals surface area contributed by atoms with Crippen LogP contribution in [0.4, 0.5) is 0 Å². The van der Waals surface area contributed by atoms with Gasteiger partial charge in [-0.1, -0.05) is 73.8 Å². The molecule has 3 aromatic heterocycles. The lowest BCUT2D eigenvalue weighted by molar-refractivity contribution is 0.326. The highest BCUT2D eigenvalue weighted by Gasteiger charge is 2.53. The zero-order valence-electron chi connectivity index (χ0n) is 58.4. The molecule has 8 bridgehead atoms. The molecular weight excluding hydrogens is 1230 g/mol. The Labute approximate surface area is 650 Å². The lowest BCUT2D eigenvalue weighted by Crippen LogP contribution is -2.63.